The molecule has 116 valence electrons. The molecule has 0 spiro atoms. The summed E-state index contributed by atoms with van der Waals surface area (Å²) in [6.45, 7) is 6.55. The van der Waals surface area contributed by atoms with Crippen molar-refractivity contribution in [1.29, 1.82) is 0 Å². The van der Waals surface area contributed by atoms with E-state index >= 15 is 0 Å². The highest BCUT2D eigenvalue weighted by Crippen LogP contribution is 2.38. The second-order valence-corrected chi connectivity index (χ2v) is 6.48. The molecule has 1 saturated carbocycles. The molecule has 2 heterocycles. The van der Waals surface area contributed by atoms with Gasteiger partial charge in [-0.2, -0.15) is 5.10 Å². The number of hydrogen-bond donors (Lipinski definition) is 2. The Morgan fingerprint density at radius 2 is 2.14 bits per heavy atom. The van der Waals surface area contributed by atoms with Crippen molar-refractivity contribution in [1.82, 2.24) is 20.4 Å². The molecule has 21 heavy (non-hydrogen) atoms. The SMILES string of the molecule is CCCN1CCC(CNC(=O)c2cc(C3CC3)[nH]n2)CC1. The van der Waals surface area contributed by atoms with Crippen LogP contribution in [0.25, 0.3) is 0 Å². The van der Waals surface area contributed by atoms with E-state index in [2.05, 4.69) is 27.3 Å². The number of aromatic amines is 1. The fourth-order valence-corrected chi connectivity index (χ4v) is 3.11. The quantitative estimate of drug-likeness (QED) is 0.844. The Hall–Kier alpha value is -1.36. The molecule has 2 aliphatic rings. The average molecular weight is 290 g/mol. The van der Waals surface area contributed by atoms with Crippen LogP contribution in [0.2, 0.25) is 0 Å². The van der Waals surface area contributed by atoms with E-state index in [1.54, 1.807) is 0 Å². The summed E-state index contributed by atoms with van der Waals surface area (Å²) in [5.74, 6) is 1.19. The third-order valence-corrected chi connectivity index (χ3v) is 4.65. The molecule has 1 aliphatic heterocycles. The van der Waals surface area contributed by atoms with Crippen molar-refractivity contribution < 1.29 is 4.79 Å². The number of rotatable bonds is 6. The van der Waals surface area contributed by atoms with Crippen LogP contribution in [0.5, 0.6) is 0 Å². The van der Waals surface area contributed by atoms with Gasteiger partial charge in [0.25, 0.3) is 5.91 Å². The summed E-state index contributed by atoms with van der Waals surface area (Å²) in [4.78, 5) is 14.6. The molecule has 2 fully saturated rings. The van der Waals surface area contributed by atoms with Crippen LogP contribution in [0.4, 0.5) is 0 Å². The van der Waals surface area contributed by atoms with Gasteiger partial charge in [-0.1, -0.05) is 6.92 Å². The number of hydrogen-bond acceptors (Lipinski definition) is 3. The Morgan fingerprint density at radius 3 is 2.81 bits per heavy atom. The minimum Gasteiger partial charge on any atom is -0.350 e. The second-order valence-electron chi connectivity index (χ2n) is 6.48. The fourth-order valence-electron chi connectivity index (χ4n) is 3.11. The minimum atomic E-state index is -0.0332. The predicted octanol–water partition coefficient (Wildman–Crippen LogP) is 2.14. The van der Waals surface area contributed by atoms with Crippen LogP contribution in [0.3, 0.4) is 0 Å². The Kier molecular flexibility index (Phi) is 4.58. The van der Waals surface area contributed by atoms with Crippen LogP contribution >= 0.6 is 0 Å². The molecule has 1 aromatic rings. The zero-order valence-electron chi connectivity index (χ0n) is 12.9. The van der Waals surface area contributed by atoms with Gasteiger partial charge in [0.15, 0.2) is 0 Å². The average Bonchev–Trinajstić information content (AvgIpc) is 3.24. The first-order chi connectivity index (χ1) is 10.3. The number of nitrogens with zero attached hydrogens (tertiary/aromatic N) is 2. The van der Waals surface area contributed by atoms with E-state index in [9.17, 15) is 4.79 Å². The third kappa shape index (κ3) is 3.84. The number of carbonyl (C=O) groups excluding carboxylic acids is 1. The van der Waals surface area contributed by atoms with E-state index in [0.717, 1.165) is 12.2 Å². The van der Waals surface area contributed by atoms with Crippen LogP contribution in [0.15, 0.2) is 6.07 Å². The normalized spacial score (nSPS) is 20.6. The topological polar surface area (TPSA) is 61.0 Å². The molecule has 0 unspecified atom stereocenters. The van der Waals surface area contributed by atoms with Gasteiger partial charge in [-0.05, 0) is 63.7 Å². The van der Waals surface area contributed by atoms with Crippen molar-refractivity contribution in [2.24, 2.45) is 5.92 Å². The lowest BCUT2D eigenvalue weighted by atomic mass is 9.96. The standard InChI is InChI=1S/C16H26N4O/c1-2-7-20-8-5-12(6-9-20)11-17-16(21)15-10-14(18-19-15)13-3-4-13/h10,12-13H,2-9,11H2,1H3,(H,17,21)(H,18,19). The van der Waals surface area contributed by atoms with Gasteiger partial charge in [0.1, 0.15) is 5.69 Å². The fraction of sp³-hybridized carbons (Fsp3) is 0.750. The first kappa shape index (κ1) is 14.6. The highest BCUT2D eigenvalue weighted by molar-refractivity contribution is 5.92. The minimum absolute atomic E-state index is 0.0332. The summed E-state index contributed by atoms with van der Waals surface area (Å²) >= 11 is 0. The molecule has 0 radical (unpaired) electrons. The molecule has 5 nitrogen and oxygen atoms in total. The van der Waals surface area contributed by atoms with Gasteiger partial charge in [-0.25, -0.2) is 0 Å². The second kappa shape index (κ2) is 6.60. The van der Waals surface area contributed by atoms with Gasteiger partial charge in [0.05, 0.1) is 0 Å². The Labute approximate surface area is 126 Å². The molecule has 1 aromatic heterocycles. The third-order valence-electron chi connectivity index (χ3n) is 4.65. The summed E-state index contributed by atoms with van der Waals surface area (Å²) in [6.07, 6.45) is 6.05. The summed E-state index contributed by atoms with van der Waals surface area (Å²) in [7, 11) is 0. The van der Waals surface area contributed by atoms with E-state index in [1.165, 1.54) is 51.7 Å². The molecular formula is C16H26N4O. The maximum atomic E-state index is 12.1. The van der Waals surface area contributed by atoms with Gasteiger partial charge < -0.3 is 10.2 Å². The van der Waals surface area contributed by atoms with E-state index < -0.39 is 0 Å². The molecule has 1 amide bonds. The predicted molar refractivity (Wildman–Crippen MR) is 82.4 cm³/mol. The number of carbonyl (C=O) groups is 1. The first-order valence-electron chi connectivity index (χ1n) is 8.32. The lowest BCUT2D eigenvalue weighted by Crippen LogP contribution is -2.39. The van der Waals surface area contributed by atoms with Gasteiger partial charge >= 0.3 is 0 Å². The molecular weight excluding hydrogens is 264 g/mol. The molecule has 3 rings (SSSR count). The number of piperidine rings is 1. The van der Waals surface area contributed by atoms with Crippen molar-refractivity contribution >= 4 is 5.91 Å². The number of H-pyrrole nitrogens is 1. The maximum Gasteiger partial charge on any atom is 0.271 e. The Morgan fingerprint density at radius 1 is 1.38 bits per heavy atom. The highest BCUT2D eigenvalue weighted by atomic mass is 16.1. The largest absolute Gasteiger partial charge is 0.350 e. The van der Waals surface area contributed by atoms with E-state index in [1.807, 2.05) is 6.07 Å². The monoisotopic (exact) mass is 290 g/mol. The first-order valence-corrected chi connectivity index (χ1v) is 8.32. The van der Waals surface area contributed by atoms with Gasteiger partial charge in [-0.15, -0.1) is 0 Å². The number of aromatic nitrogens is 2. The van der Waals surface area contributed by atoms with Crippen molar-refractivity contribution in [3.63, 3.8) is 0 Å². The van der Waals surface area contributed by atoms with Crippen molar-refractivity contribution in [3.05, 3.63) is 17.5 Å². The van der Waals surface area contributed by atoms with Gasteiger partial charge in [-0.3, -0.25) is 9.89 Å². The Balaban J connectivity index is 1.41. The lowest BCUT2D eigenvalue weighted by molar-refractivity contribution is 0.0931. The van der Waals surface area contributed by atoms with Crippen LogP contribution in [0.1, 0.15) is 61.1 Å². The molecule has 0 aromatic carbocycles. The lowest BCUT2D eigenvalue weighted by Gasteiger charge is -2.31. The molecule has 0 atom stereocenters. The van der Waals surface area contributed by atoms with E-state index in [0.29, 0.717) is 17.5 Å². The molecule has 1 saturated heterocycles. The molecule has 1 aliphatic carbocycles. The maximum absolute atomic E-state index is 12.1. The number of nitrogens with one attached hydrogen (secondary N) is 2. The zero-order chi connectivity index (χ0) is 14.7. The summed E-state index contributed by atoms with van der Waals surface area (Å²) < 4.78 is 0. The van der Waals surface area contributed by atoms with Gasteiger partial charge in [0, 0.05) is 18.2 Å². The van der Waals surface area contributed by atoms with Crippen LogP contribution < -0.4 is 5.32 Å². The summed E-state index contributed by atoms with van der Waals surface area (Å²) in [5.41, 5.74) is 1.66. The Bertz CT molecular complexity index is 472. The van der Waals surface area contributed by atoms with Crippen molar-refractivity contribution in [3.8, 4) is 0 Å². The van der Waals surface area contributed by atoms with Crippen molar-refractivity contribution in [2.45, 2.75) is 44.9 Å². The van der Waals surface area contributed by atoms with Gasteiger partial charge in [0.2, 0.25) is 0 Å². The smallest absolute Gasteiger partial charge is 0.271 e. The number of amides is 1. The van der Waals surface area contributed by atoms with E-state index in [-0.39, 0.29) is 5.91 Å². The molecule has 5 heteroatoms. The summed E-state index contributed by atoms with van der Waals surface area (Å²) in [5, 5.41) is 10.2. The van der Waals surface area contributed by atoms with E-state index in [4.69, 9.17) is 0 Å². The molecule has 2 N–H and O–H groups in total. The van der Waals surface area contributed by atoms with Crippen LogP contribution in [-0.2, 0) is 0 Å². The van der Waals surface area contributed by atoms with Crippen LogP contribution in [-0.4, -0.2) is 47.2 Å². The van der Waals surface area contributed by atoms with Crippen LogP contribution in [0, 0.1) is 5.92 Å². The van der Waals surface area contributed by atoms with Crippen molar-refractivity contribution in [2.75, 3.05) is 26.2 Å². The zero-order valence-corrected chi connectivity index (χ0v) is 12.9. The summed E-state index contributed by atoms with van der Waals surface area (Å²) in [6, 6.07) is 1.91. The number of likely N-dealkylation sites (tertiary alicyclic amines) is 1. The molecule has 0 bridgehead atoms. The highest BCUT2D eigenvalue weighted by Gasteiger charge is 2.26.